The van der Waals surface area contributed by atoms with Crippen molar-refractivity contribution in [2.24, 2.45) is 0 Å². The number of hydrogen-bond donors (Lipinski definition) is 0. The maximum atomic E-state index is 5.94. The first-order chi connectivity index (χ1) is 9.72. The van der Waals surface area contributed by atoms with Gasteiger partial charge in [0.15, 0.2) is 5.65 Å². The van der Waals surface area contributed by atoms with Gasteiger partial charge in [0.2, 0.25) is 0 Å². The quantitative estimate of drug-likeness (QED) is 0.742. The van der Waals surface area contributed by atoms with Crippen molar-refractivity contribution in [3.8, 4) is 0 Å². The van der Waals surface area contributed by atoms with Gasteiger partial charge in [-0.1, -0.05) is 0 Å². The van der Waals surface area contributed by atoms with Crippen molar-refractivity contribution in [1.29, 1.82) is 0 Å². The van der Waals surface area contributed by atoms with Gasteiger partial charge in [0, 0.05) is 34.3 Å². The Morgan fingerprint density at radius 2 is 2.35 bits per heavy atom. The molecule has 1 saturated carbocycles. The third-order valence-corrected chi connectivity index (χ3v) is 5.66. The lowest BCUT2D eigenvalue weighted by Crippen LogP contribution is -2.11. The lowest BCUT2D eigenvalue weighted by Gasteiger charge is -2.16. The minimum Gasteiger partial charge on any atom is -0.310 e. The first kappa shape index (κ1) is 14.7. The first-order valence-corrected chi connectivity index (χ1v) is 9.45. The van der Waals surface area contributed by atoms with Crippen LogP contribution >= 0.6 is 39.3 Å². The Bertz CT molecular complexity index is 616. The minimum atomic E-state index is 0.518. The normalized spacial score (nSPS) is 22.8. The van der Waals surface area contributed by atoms with Crippen LogP contribution in [0.15, 0.2) is 16.7 Å². The van der Waals surface area contributed by atoms with Crippen LogP contribution in [-0.4, -0.2) is 31.9 Å². The number of aryl methyl sites for hydroxylation is 1. The summed E-state index contributed by atoms with van der Waals surface area (Å²) < 4.78 is 3.31. The molecular formula is C14H17BrClN3S. The molecule has 0 spiro atoms. The van der Waals surface area contributed by atoms with Crippen LogP contribution in [0.3, 0.4) is 0 Å². The average molecular weight is 375 g/mol. The second kappa shape index (κ2) is 6.24. The standard InChI is InChI=1S/C14H17BrClN3S/c1-20-11-3-2-10(7-11)19-13(4-5-16)18-12-6-9(15)8-17-14(12)19/h6,8,10-11H,2-5,7H2,1H3. The van der Waals surface area contributed by atoms with Crippen LogP contribution in [0.25, 0.3) is 11.2 Å². The fraction of sp³-hybridized carbons (Fsp3) is 0.571. The topological polar surface area (TPSA) is 30.7 Å². The van der Waals surface area contributed by atoms with Crippen molar-refractivity contribution in [1.82, 2.24) is 14.5 Å². The summed E-state index contributed by atoms with van der Waals surface area (Å²) in [6, 6.07) is 2.56. The highest BCUT2D eigenvalue weighted by atomic mass is 79.9. The first-order valence-electron chi connectivity index (χ1n) is 6.84. The van der Waals surface area contributed by atoms with Gasteiger partial charge in [0.25, 0.3) is 0 Å². The Labute approximate surface area is 136 Å². The van der Waals surface area contributed by atoms with Crippen molar-refractivity contribution in [2.75, 3.05) is 12.1 Å². The molecule has 2 aromatic rings. The molecule has 20 heavy (non-hydrogen) atoms. The second-order valence-corrected chi connectivity index (χ2v) is 7.59. The third-order valence-electron chi connectivity index (χ3n) is 3.94. The summed E-state index contributed by atoms with van der Waals surface area (Å²) in [4.78, 5) is 9.32. The van der Waals surface area contributed by atoms with Gasteiger partial charge in [-0.15, -0.1) is 11.6 Å². The number of imidazole rings is 1. The highest BCUT2D eigenvalue weighted by Gasteiger charge is 2.28. The zero-order chi connectivity index (χ0) is 14.1. The third kappa shape index (κ3) is 2.72. The van der Waals surface area contributed by atoms with Gasteiger partial charge in [0.1, 0.15) is 11.3 Å². The molecule has 0 amide bonds. The van der Waals surface area contributed by atoms with Crippen LogP contribution in [0.4, 0.5) is 0 Å². The van der Waals surface area contributed by atoms with E-state index in [0.717, 1.165) is 33.1 Å². The van der Waals surface area contributed by atoms with Gasteiger partial charge in [-0.2, -0.15) is 11.8 Å². The molecule has 6 heteroatoms. The van der Waals surface area contributed by atoms with Crippen molar-refractivity contribution < 1.29 is 0 Å². The van der Waals surface area contributed by atoms with Crippen LogP contribution in [0.5, 0.6) is 0 Å². The Morgan fingerprint density at radius 3 is 3.05 bits per heavy atom. The molecule has 2 atom stereocenters. The number of fused-ring (bicyclic) bond motifs is 1. The van der Waals surface area contributed by atoms with Crippen LogP contribution < -0.4 is 0 Å². The van der Waals surface area contributed by atoms with E-state index in [1.807, 2.05) is 24.0 Å². The van der Waals surface area contributed by atoms with E-state index in [-0.39, 0.29) is 0 Å². The monoisotopic (exact) mass is 373 g/mol. The molecule has 108 valence electrons. The molecule has 3 rings (SSSR count). The summed E-state index contributed by atoms with van der Waals surface area (Å²) >= 11 is 11.4. The van der Waals surface area contributed by atoms with E-state index in [0.29, 0.717) is 11.9 Å². The molecule has 1 fully saturated rings. The predicted octanol–water partition coefficient (Wildman–Crippen LogP) is 4.43. The van der Waals surface area contributed by atoms with E-state index in [2.05, 4.69) is 31.7 Å². The van der Waals surface area contributed by atoms with E-state index in [1.165, 1.54) is 19.3 Å². The van der Waals surface area contributed by atoms with E-state index < -0.39 is 0 Å². The van der Waals surface area contributed by atoms with Crippen LogP contribution in [0, 0.1) is 0 Å². The summed E-state index contributed by atoms with van der Waals surface area (Å²) in [7, 11) is 0. The molecule has 3 nitrogen and oxygen atoms in total. The SMILES string of the molecule is CSC1CCC(n2c(CCCl)nc3cc(Br)cnc32)C1. The number of halogens is 2. The van der Waals surface area contributed by atoms with Crippen LogP contribution in [-0.2, 0) is 6.42 Å². The Morgan fingerprint density at radius 1 is 1.50 bits per heavy atom. The molecule has 2 aromatic heterocycles. The lowest BCUT2D eigenvalue weighted by molar-refractivity contribution is 0.511. The van der Waals surface area contributed by atoms with Crippen molar-refractivity contribution in [3.05, 3.63) is 22.6 Å². The molecule has 0 saturated heterocycles. The number of hydrogen-bond acceptors (Lipinski definition) is 3. The van der Waals surface area contributed by atoms with E-state index >= 15 is 0 Å². The fourth-order valence-electron chi connectivity index (χ4n) is 3.01. The molecule has 0 bridgehead atoms. The van der Waals surface area contributed by atoms with Gasteiger partial charge in [-0.25, -0.2) is 9.97 Å². The number of pyridine rings is 1. The molecular weight excluding hydrogens is 358 g/mol. The lowest BCUT2D eigenvalue weighted by atomic mass is 10.2. The van der Waals surface area contributed by atoms with Gasteiger partial charge in [-0.3, -0.25) is 0 Å². The zero-order valence-electron chi connectivity index (χ0n) is 11.4. The zero-order valence-corrected chi connectivity index (χ0v) is 14.5. The van der Waals surface area contributed by atoms with Gasteiger partial charge in [-0.05, 0) is 47.5 Å². The molecule has 0 aliphatic heterocycles. The van der Waals surface area contributed by atoms with Gasteiger partial charge in [0.05, 0.1) is 0 Å². The van der Waals surface area contributed by atoms with Gasteiger partial charge >= 0.3 is 0 Å². The highest BCUT2D eigenvalue weighted by Crippen LogP contribution is 2.38. The maximum absolute atomic E-state index is 5.94. The van der Waals surface area contributed by atoms with E-state index in [9.17, 15) is 0 Å². The van der Waals surface area contributed by atoms with Gasteiger partial charge < -0.3 is 4.57 Å². The predicted molar refractivity (Wildman–Crippen MR) is 89.8 cm³/mol. The maximum Gasteiger partial charge on any atom is 0.160 e. The van der Waals surface area contributed by atoms with Crippen LogP contribution in [0.1, 0.15) is 31.1 Å². The van der Waals surface area contributed by atoms with E-state index in [1.54, 1.807) is 0 Å². The summed E-state index contributed by atoms with van der Waals surface area (Å²) in [5, 5.41) is 0.761. The number of alkyl halides is 1. The van der Waals surface area contributed by atoms with Crippen molar-refractivity contribution in [2.45, 2.75) is 37.0 Å². The molecule has 1 aliphatic carbocycles. The molecule has 1 aliphatic rings. The largest absolute Gasteiger partial charge is 0.310 e. The summed E-state index contributed by atoms with van der Waals surface area (Å²) in [6.45, 7) is 0. The summed E-state index contributed by atoms with van der Waals surface area (Å²) in [6.07, 6.45) is 8.56. The summed E-state index contributed by atoms with van der Waals surface area (Å²) in [5.74, 6) is 1.68. The number of thioether (sulfide) groups is 1. The smallest absolute Gasteiger partial charge is 0.160 e. The molecule has 2 unspecified atom stereocenters. The highest BCUT2D eigenvalue weighted by molar-refractivity contribution is 9.10. The second-order valence-electron chi connectivity index (χ2n) is 5.16. The van der Waals surface area contributed by atoms with E-state index in [4.69, 9.17) is 16.6 Å². The number of aromatic nitrogens is 3. The fourth-order valence-corrected chi connectivity index (χ4v) is 4.29. The molecule has 2 heterocycles. The number of rotatable bonds is 4. The average Bonchev–Trinajstić information content (AvgIpc) is 3.02. The van der Waals surface area contributed by atoms with Crippen molar-refractivity contribution in [3.63, 3.8) is 0 Å². The van der Waals surface area contributed by atoms with Crippen molar-refractivity contribution >= 4 is 50.5 Å². The minimum absolute atomic E-state index is 0.518. The Kier molecular flexibility index (Phi) is 4.58. The number of nitrogens with zero attached hydrogens (tertiary/aromatic N) is 3. The molecule has 0 radical (unpaired) electrons. The Balaban J connectivity index is 2.05. The molecule has 0 N–H and O–H groups in total. The molecule has 0 aromatic carbocycles. The Hall–Kier alpha value is -0.260. The summed E-state index contributed by atoms with van der Waals surface area (Å²) in [5.41, 5.74) is 1.96. The van der Waals surface area contributed by atoms with Crippen LogP contribution in [0.2, 0.25) is 0 Å².